The Kier molecular flexibility index (Phi) is 13.0. The maximum absolute atomic E-state index is 12.5. The average molecular weight is 555 g/mol. The van der Waals surface area contributed by atoms with Gasteiger partial charge >= 0.3 is 12.1 Å². The lowest BCUT2D eigenvalue weighted by molar-refractivity contribution is -0.133. The number of benzene rings is 1. The lowest BCUT2D eigenvalue weighted by Crippen LogP contribution is -2.49. The molecule has 1 heterocycles. The molecule has 214 valence electrons. The van der Waals surface area contributed by atoms with E-state index in [1.54, 1.807) is 0 Å². The monoisotopic (exact) mass is 554 g/mol. The number of unbranched alkanes of at least 4 members (excludes halogenated alkanes) is 4. The van der Waals surface area contributed by atoms with Crippen LogP contribution in [0.15, 0.2) is 12.1 Å². The number of nitrogen functional groups attached to an aromatic ring is 1. The number of methoxy groups -OCH3 is 1. The van der Waals surface area contributed by atoms with Gasteiger partial charge in [-0.05, 0) is 39.7 Å². The van der Waals surface area contributed by atoms with Gasteiger partial charge in [0, 0.05) is 51.8 Å². The first-order valence-electron chi connectivity index (χ1n) is 13.3. The van der Waals surface area contributed by atoms with Gasteiger partial charge in [-0.3, -0.25) is 9.69 Å². The summed E-state index contributed by atoms with van der Waals surface area (Å²) in [7, 11) is 1.45. The highest BCUT2D eigenvalue weighted by molar-refractivity contribution is 6.33. The van der Waals surface area contributed by atoms with E-state index in [4.69, 9.17) is 31.5 Å². The van der Waals surface area contributed by atoms with Crippen molar-refractivity contribution in [1.82, 2.24) is 15.1 Å². The number of carbonyl (C=O) groups excluding carboxylic acids is 3. The van der Waals surface area contributed by atoms with Crippen LogP contribution in [0, 0.1) is 0 Å². The van der Waals surface area contributed by atoms with Gasteiger partial charge in [-0.15, -0.1) is 0 Å². The van der Waals surface area contributed by atoms with Crippen molar-refractivity contribution in [3.8, 4) is 5.75 Å². The van der Waals surface area contributed by atoms with Crippen molar-refractivity contribution in [3.05, 3.63) is 22.7 Å². The zero-order valence-corrected chi connectivity index (χ0v) is 23.9. The van der Waals surface area contributed by atoms with Crippen molar-refractivity contribution < 1.29 is 28.6 Å². The van der Waals surface area contributed by atoms with E-state index >= 15 is 0 Å². The molecule has 0 spiro atoms. The van der Waals surface area contributed by atoms with Crippen LogP contribution >= 0.6 is 11.6 Å². The second-order valence-electron chi connectivity index (χ2n) is 10.4. The number of esters is 1. The minimum atomic E-state index is -0.517. The van der Waals surface area contributed by atoms with Crippen LogP contribution in [0.2, 0.25) is 5.02 Å². The molecule has 0 unspecified atom stereocenters. The van der Waals surface area contributed by atoms with Gasteiger partial charge in [-0.25, -0.2) is 9.59 Å². The molecule has 0 aliphatic carbocycles. The Balaban J connectivity index is 1.54. The molecule has 10 nitrogen and oxygen atoms in total. The molecule has 1 aliphatic heterocycles. The summed E-state index contributed by atoms with van der Waals surface area (Å²) in [5.41, 5.74) is 5.84. The Morgan fingerprint density at radius 3 is 2.34 bits per heavy atom. The number of nitrogens with two attached hydrogens (primary N) is 1. The first-order chi connectivity index (χ1) is 18.0. The number of piperazine rings is 1. The number of anilines is 1. The number of alkyl carbamates (subject to hydrolysis) is 1. The van der Waals surface area contributed by atoms with Gasteiger partial charge in [-0.1, -0.05) is 30.9 Å². The van der Waals surface area contributed by atoms with Crippen LogP contribution in [0.4, 0.5) is 10.5 Å². The normalized spacial score (nSPS) is 14.2. The number of nitrogens with zero attached hydrogens (tertiary/aromatic N) is 2. The van der Waals surface area contributed by atoms with Crippen molar-refractivity contribution in [1.29, 1.82) is 0 Å². The summed E-state index contributed by atoms with van der Waals surface area (Å²) in [4.78, 5) is 40.7. The molecule has 2 amide bonds. The molecule has 38 heavy (non-hydrogen) atoms. The summed E-state index contributed by atoms with van der Waals surface area (Å²) < 4.78 is 15.8. The summed E-state index contributed by atoms with van der Waals surface area (Å²) >= 11 is 6.03. The Morgan fingerprint density at radius 1 is 1.03 bits per heavy atom. The van der Waals surface area contributed by atoms with Crippen LogP contribution < -0.4 is 15.8 Å². The average Bonchev–Trinajstić information content (AvgIpc) is 2.86. The van der Waals surface area contributed by atoms with Gasteiger partial charge in [0.1, 0.15) is 23.5 Å². The molecule has 1 fully saturated rings. The van der Waals surface area contributed by atoms with Gasteiger partial charge in [-0.2, -0.15) is 0 Å². The SMILES string of the molecule is COc1cc(N)c(Cl)cc1C(=O)OCCN1CCN(C(=O)CCCCCCCNC(=O)OC(C)(C)C)CC1. The highest BCUT2D eigenvalue weighted by Crippen LogP contribution is 2.29. The molecule has 1 aromatic rings. The number of hydrogen-bond donors (Lipinski definition) is 2. The fourth-order valence-corrected chi connectivity index (χ4v) is 4.22. The minimum Gasteiger partial charge on any atom is -0.496 e. The Bertz CT molecular complexity index is 929. The largest absolute Gasteiger partial charge is 0.496 e. The van der Waals surface area contributed by atoms with Crippen molar-refractivity contribution in [3.63, 3.8) is 0 Å². The number of ether oxygens (including phenoxy) is 3. The summed E-state index contributed by atoms with van der Waals surface area (Å²) in [6.45, 7) is 9.76. The molecule has 0 aromatic heterocycles. The molecular weight excluding hydrogens is 512 g/mol. The highest BCUT2D eigenvalue weighted by Gasteiger charge is 2.22. The summed E-state index contributed by atoms with van der Waals surface area (Å²) in [5, 5.41) is 3.03. The van der Waals surface area contributed by atoms with Crippen LogP contribution in [0.25, 0.3) is 0 Å². The minimum absolute atomic E-state index is 0.190. The number of carbonyl (C=O) groups is 3. The lowest BCUT2D eigenvalue weighted by atomic mass is 10.1. The molecule has 0 saturated carbocycles. The quantitative estimate of drug-likeness (QED) is 0.212. The molecule has 1 aliphatic rings. The first kappa shape index (κ1) is 31.5. The van der Waals surface area contributed by atoms with Gasteiger partial charge in [0.2, 0.25) is 5.91 Å². The van der Waals surface area contributed by atoms with Gasteiger partial charge in [0.05, 0.1) is 17.8 Å². The standard InChI is InChI=1S/C27H43ClN4O6/c1-27(2,3)38-26(35)30-11-9-7-5-6-8-10-24(33)32-14-12-31(13-15-32)16-17-37-25(34)20-18-21(28)22(29)19-23(20)36-4/h18-19H,5-17,29H2,1-4H3,(H,30,35). The van der Waals surface area contributed by atoms with E-state index < -0.39 is 11.6 Å². The number of halogens is 1. The van der Waals surface area contributed by atoms with Crippen LogP contribution in [-0.4, -0.2) is 86.4 Å². The molecule has 0 radical (unpaired) electrons. The van der Waals surface area contributed by atoms with Crippen molar-refractivity contribution in [2.45, 2.75) is 64.9 Å². The third-order valence-corrected chi connectivity index (χ3v) is 6.47. The molecule has 11 heteroatoms. The Morgan fingerprint density at radius 2 is 1.68 bits per heavy atom. The smallest absolute Gasteiger partial charge is 0.407 e. The Labute approximate surface area is 231 Å². The third-order valence-electron chi connectivity index (χ3n) is 6.14. The molecule has 0 bridgehead atoms. The zero-order chi connectivity index (χ0) is 28.1. The fourth-order valence-electron chi connectivity index (χ4n) is 4.06. The summed E-state index contributed by atoms with van der Waals surface area (Å²) in [5.74, 6) is -0.00825. The van der Waals surface area contributed by atoms with Crippen molar-refractivity contribution in [2.75, 3.05) is 58.7 Å². The highest BCUT2D eigenvalue weighted by atomic mass is 35.5. The first-order valence-corrected chi connectivity index (χ1v) is 13.6. The van der Waals surface area contributed by atoms with E-state index in [9.17, 15) is 14.4 Å². The topological polar surface area (TPSA) is 123 Å². The number of rotatable bonds is 13. The van der Waals surface area contributed by atoms with Gasteiger partial charge in [0.25, 0.3) is 0 Å². The molecule has 3 N–H and O–H groups in total. The molecule has 1 aromatic carbocycles. The molecular formula is C27H43ClN4O6. The molecule has 1 saturated heterocycles. The Hall–Kier alpha value is -2.72. The van der Waals surface area contributed by atoms with Crippen LogP contribution in [0.3, 0.4) is 0 Å². The van der Waals surface area contributed by atoms with E-state index in [0.717, 1.165) is 45.2 Å². The molecule has 2 rings (SSSR count). The third kappa shape index (κ3) is 11.3. The zero-order valence-electron chi connectivity index (χ0n) is 23.1. The predicted molar refractivity (Wildman–Crippen MR) is 148 cm³/mol. The van der Waals surface area contributed by atoms with Gasteiger partial charge < -0.3 is 30.2 Å². The van der Waals surface area contributed by atoms with E-state index in [1.165, 1.54) is 19.2 Å². The number of hydrogen-bond acceptors (Lipinski definition) is 8. The van der Waals surface area contributed by atoms with E-state index in [1.807, 2.05) is 25.7 Å². The predicted octanol–water partition coefficient (Wildman–Crippen LogP) is 4.10. The van der Waals surface area contributed by atoms with Crippen LogP contribution in [0.5, 0.6) is 5.75 Å². The van der Waals surface area contributed by atoms with Crippen LogP contribution in [-0.2, 0) is 14.3 Å². The summed E-state index contributed by atoms with van der Waals surface area (Å²) in [6.07, 6.45) is 4.97. The second kappa shape index (κ2) is 15.6. The van der Waals surface area contributed by atoms with Crippen molar-refractivity contribution in [2.24, 2.45) is 0 Å². The lowest BCUT2D eigenvalue weighted by Gasteiger charge is -2.34. The maximum atomic E-state index is 12.5. The van der Waals surface area contributed by atoms with Gasteiger partial charge in [0.15, 0.2) is 0 Å². The maximum Gasteiger partial charge on any atom is 0.407 e. The molecule has 0 atom stereocenters. The number of nitrogens with one attached hydrogen (secondary N) is 1. The van der Waals surface area contributed by atoms with E-state index in [-0.39, 0.29) is 29.2 Å². The second-order valence-corrected chi connectivity index (χ2v) is 10.8. The van der Waals surface area contributed by atoms with E-state index in [2.05, 4.69) is 10.2 Å². The van der Waals surface area contributed by atoms with Crippen LogP contribution in [0.1, 0.15) is 69.7 Å². The number of amides is 2. The van der Waals surface area contributed by atoms with E-state index in [0.29, 0.717) is 44.0 Å². The fraction of sp³-hybridized carbons (Fsp3) is 0.667. The van der Waals surface area contributed by atoms with Crippen molar-refractivity contribution >= 4 is 35.3 Å². The summed E-state index contributed by atoms with van der Waals surface area (Å²) in [6, 6.07) is 2.95.